The van der Waals surface area contributed by atoms with Gasteiger partial charge in [0, 0.05) is 0 Å². The topological polar surface area (TPSA) is 59.3 Å². The molecule has 0 spiro atoms. The van der Waals surface area contributed by atoms with Crippen molar-refractivity contribution in [3.8, 4) is 5.81 Å². The van der Waals surface area contributed by atoms with Crippen LogP contribution in [0, 0.1) is 11.1 Å². The normalized spacial score (nSPS) is 13.0. The molecule has 0 radical (unpaired) electrons. The molecule has 6 nitrogen and oxygen atoms in total. The van der Waals surface area contributed by atoms with E-state index < -0.39 is 7.60 Å². The average Bonchev–Trinajstić information content (AvgIpc) is 2.63. The Labute approximate surface area is 149 Å². The second-order valence-electron chi connectivity index (χ2n) is 6.29. The Morgan fingerprint density at radius 3 is 1.25 bits per heavy atom. The molecule has 0 unspecified atom stereocenters. The van der Waals surface area contributed by atoms with Crippen LogP contribution in [0.1, 0.15) is 41.5 Å². The SMILES string of the molecule is CC[N+](CC)(CC)CCOP(=O)(C#N)OCC[N+](CC)(CC)CC. The average molecular weight is 363 g/mol. The molecule has 0 N–H and O–H groups in total. The molecule has 0 rings (SSSR count). The molecule has 0 aliphatic heterocycles. The molecule has 142 valence electrons. The third-order valence-electron chi connectivity index (χ3n) is 5.80. The summed E-state index contributed by atoms with van der Waals surface area (Å²) in [5.41, 5.74) is 0. The number of quaternary nitrogens is 2. The van der Waals surface area contributed by atoms with E-state index in [9.17, 15) is 9.83 Å². The highest BCUT2D eigenvalue weighted by molar-refractivity contribution is 7.59. The molecule has 0 saturated heterocycles. The number of likely N-dealkylation sites (N-methyl/N-ethyl adjacent to an activating group) is 2. The highest BCUT2D eigenvalue weighted by Gasteiger charge is 2.29. The molecule has 0 fully saturated rings. The minimum absolute atomic E-state index is 0.287. The van der Waals surface area contributed by atoms with Gasteiger partial charge in [0.2, 0.25) is 0 Å². The third-order valence-corrected chi connectivity index (χ3v) is 7.09. The highest BCUT2D eigenvalue weighted by Crippen LogP contribution is 2.46. The van der Waals surface area contributed by atoms with Gasteiger partial charge in [-0.3, -0.25) is 9.05 Å². The zero-order valence-electron chi connectivity index (χ0n) is 16.6. The quantitative estimate of drug-likeness (QED) is 0.350. The predicted octanol–water partition coefficient (Wildman–Crippen LogP) is 3.45. The fourth-order valence-corrected chi connectivity index (χ4v) is 3.93. The fraction of sp³-hybridized carbons (Fsp3) is 0.941. The Hall–Kier alpha value is -0.440. The van der Waals surface area contributed by atoms with Gasteiger partial charge in [0.15, 0.2) is 5.81 Å². The fourth-order valence-electron chi connectivity index (χ4n) is 3.09. The summed E-state index contributed by atoms with van der Waals surface area (Å²) >= 11 is 0. The number of hydrogen-bond acceptors (Lipinski definition) is 4. The van der Waals surface area contributed by atoms with Crippen LogP contribution < -0.4 is 0 Å². The van der Waals surface area contributed by atoms with Crippen molar-refractivity contribution in [2.45, 2.75) is 41.5 Å². The van der Waals surface area contributed by atoms with Gasteiger partial charge in [-0.05, 0) is 41.5 Å². The first-order valence-corrected chi connectivity index (χ1v) is 10.9. The minimum Gasteiger partial charge on any atom is -0.322 e. The Bertz CT molecular complexity index is 383. The number of nitrogens with zero attached hydrogens (tertiary/aromatic N) is 3. The first-order chi connectivity index (χ1) is 11.3. The lowest BCUT2D eigenvalue weighted by Crippen LogP contribution is -2.49. The molecule has 24 heavy (non-hydrogen) atoms. The van der Waals surface area contributed by atoms with Gasteiger partial charge in [-0.15, -0.1) is 0 Å². The van der Waals surface area contributed by atoms with Crippen molar-refractivity contribution >= 4 is 7.60 Å². The van der Waals surface area contributed by atoms with Crippen molar-refractivity contribution in [3.63, 3.8) is 0 Å². The highest BCUT2D eigenvalue weighted by atomic mass is 31.2. The van der Waals surface area contributed by atoms with E-state index in [1.165, 1.54) is 0 Å². The third kappa shape index (κ3) is 6.82. The molecular formula is C17H38N3O3P+2. The van der Waals surface area contributed by atoms with Gasteiger partial charge in [0.05, 0.1) is 39.3 Å². The predicted molar refractivity (Wildman–Crippen MR) is 98.6 cm³/mol. The van der Waals surface area contributed by atoms with E-state index in [4.69, 9.17) is 9.05 Å². The molecule has 0 atom stereocenters. The lowest BCUT2D eigenvalue weighted by Gasteiger charge is -2.36. The molecule has 0 aromatic heterocycles. The summed E-state index contributed by atoms with van der Waals surface area (Å²) in [6.07, 6.45) is 0. The summed E-state index contributed by atoms with van der Waals surface area (Å²) in [7, 11) is -3.65. The van der Waals surface area contributed by atoms with E-state index >= 15 is 0 Å². The zero-order valence-corrected chi connectivity index (χ0v) is 17.5. The molecule has 0 heterocycles. The van der Waals surface area contributed by atoms with Crippen molar-refractivity contribution in [1.29, 1.82) is 5.26 Å². The van der Waals surface area contributed by atoms with E-state index in [1.54, 1.807) is 5.81 Å². The van der Waals surface area contributed by atoms with Gasteiger partial charge in [-0.25, -0.2) is 4.57 Å². The van der Waals surface area contributed by atoms with E-state index in [0.717, 1.165) is 61.3 Å². The molecule has 0 aliphatic rings. The van der Waals surface area contributed by atoms with Crippen LogP contribution >= 0.6 is 7.60 Å². The maximum Gasteiger partial charge on any atom is 0.431 e. The van der Waals surface area contributed by atoms with Gasteiger partial charge >= 0.3 is 7.60 Å². The maximum absolute atomic E-state index is 12.5. The van der Waals surface area contributed by atoms with Gasteiger partial charge in [-0.1, -0.05) is 0 Å². The Balaban J connectivity index is 4.56. The van der Waals surface area contributed by atoms with Gasteiger partial charge < -0.3 is 8.97 Å². The Morgan fingerprint density at radius 2 is 1.04 bits per heavy atom. The minimum atomic E-state index is -3.65. The van der Waals surface area contributed by atoms with Crippen LogP contribution in [0.4, 0.5) is 0 Å². The molecule has 0 bridgehead atoms. The maximum atomic E-state index is 12.5. The number of nitriles is 1. The van der Waals surface area contributed by atoms with Crippen LogP contribution in [0.3, 0.4) is 0 Å². The first kappa shape index (κ1) is 23.6. The van der Waals surface area contributed by atoms with Crippen molar-refractivity contribution in [1.82, 2.24) is 0 Å². The van der Waals surface area contributed by atoms with Crippen molar-refractivity contribution < 1.29 is 22.6 Å². The zero-order chi connectivity index (χ0) is 18.7. The Kier molecular flexibility index (Phi) is 11.0. The van der Waals surface area contributed by atoms with Gasteiger partial charge in [0.1, 0.15) is 26.3 Å². The van der Waals surface area contributed by atoms with Crippen LogP contribution in [0.25, 0.3) is 0 Å². The van der Waals surface area contributed by atoms with Gasteiger partial charge in [-0.2, -0.15) is 5.26 Å². The van der Waals surface area contributed by atoms with Crippen molar-refractivity contribution in [2.75, 3.05) is 65.6 Å². The molecule has 0 aromatic carbocycles. The number of rotatable bonds is 14. The smallest absolute Gasteiger partial charge is 0.322 e. The van der Waals surface area contributed by atoms with Gasteiger partial charge in [0.25, 0.3) is 0 Å². The van der Waals surface area contributed by atoms with E-state index in [-0.39, 0.29) is 13.2 Å². The summed E-state index contributed by atoms with van der Waals surface area (Å²) in [6.45, 7) is 20.9. The molecule has 7 heteroatoms. The van der Waals surface area contributed by atoms with Crippen LogP contribution in [-0.2, 0) is 13.6 Å². The van der Waals surface area contributed by atoms with Crippen LogP contribution in [0.15, 0.2) is 0 Å². The summed E-state index contributed by atoms with van der Waals surface area (Å²) < 4.78 is 25.1. The monoisotopic (exact) mass is 363 g/mol. The second-order valence-corrected chi connectivity index (χ2v) is 8.00. The molecule has 0 aromatic rings. The number of hydrogen-bond donors (Lipinski definition) is 0. The van der Waals surface area contributed by atoms with Crippen LogP contribution in [-0.4, -0.2) is 74.5 Å². The molecule has 0 aliphatic carbocycles. The first-order valence-electron chi connectivity index (χ1n) is 9.34. The standard InChI is InChI=1S/C17H38N3O3P/c1-7-19(8-2,9-3)13-15-22-24(21,17-18)23-16-14-20(10-4,11-5)12-6/h7-16H2,1-6H3/q+2. The molecule has 0 amide bonds. The molecule has 0 saturated carbocycles. The van der Waals surface area contributed by atoms with Crippen LogP contribution in [0.2, 0.25) is 0 Å². The van der Waals surface area contributed by atoms with Crippen molar-refractivity contribution in [2.24, 2.45) is 0 Å². The van der Waals surface area contributed by atoms with E-state index in [2.05, 4.69) is 41.5 Å². The summed E-state index contributed by atoms with van der Waals surface area (Å²) in [5, 5.41) is 9.21. The van der Waals surface area contributed by atoms with Crippen LogP contribution in [0.5, 0.6) is 0 Å². The lowest BCUT2D eigenvalue weighted by molar-refractivity contribution is -0.923. The van der Waals surface area contributed by atoms with Crippen molar-refractivity contribution in [3.05, 3.63) is 0 Å². The summed E-state index contributed by atoms with van der Waals surface area (Å²) in [5.74, 6) is 1.76. The Morgan fingerprint density at radius 1 is 0.750 bits per heavy atom. The largest absolute Gasteiger partial charge is 0.431 e. The lowest BCUT2D eigenvalue weighted by atomic mass is 10.3. The second kappa shape index (κ2) is 11.2. The summed E-state index contributed by atoms with van der Waals surface area (Å²) in [4.78, 5) is 0. The summed E-state index contributed by atoms with van der Waals surface area (Å²) in [6, 6.07) is 0. The van der Waals surface area contributed by atoms with E-state index in [1.807, 2.05) is 0 Å². The van der Waals surface area contributed by atoms with E-state index in [0.29, 0.717) is 0 Å². The molecular weight excluding hydrogens is 325 g/mol.